The number of aryl methyl sites for hydroxylation is 2. The van der Waals surface area contributed by atoms with Crippen molar-refractivity contribution in [2.45, 2.75) is 46.1 Å². The zero-order valence-corrected chi connectivity index (χ0v) is 13.4. The van der Waals surface area contributed by atoms with E-state index in [1.165, 1.54) is 16.1 Å². The Morgan fingerprint density at radius 1 is 1.50 bits per heavy atom. The molecule has 0 aromatic carbocycles. The minimum Gasteiger partial charge on any atom is -0.323 e. The fourth-order valence-corrected chi connectivity index (χ4v) is 4.20. The van der Waals surface area contributed by atoms with Crippen LogP contribution in [0.4, 0.5) is 0 Å². The molecule has 0 aliphatic heterocycles. The average Bonchev–Trinajstić information content (AvgIpc) is 2.90. The smallest absolute Gasteiger partial charge is 0.127 e. The number of aromatic nitrogens is 3. The van der Waals surface area contributed by atoms with Gasteiger partial charge >= 0.3 is 0 Å². The second kappa shape index (κ2) is 4.67. The zero-order valence-electron chi connectivity index (χ0n) is 12.6. The van der Waals surface area contributed by atoms with E-state index in [-0.39, 0.29) is 11.5 Å². The van der Waals surface area contributed by atoms with E-state index in [1.807, 2.05) is 11.7 Å². The molecule has 1 aliphatic carbocycles. The summed E-state index contributed by atoms with van der Waals surface area (Å²) in [4.78, 5) is 6.14. The Hall–Kier alpha value is -1.20. The SMILES string of the molecule is CCc1nn(C)cc1-c1nc2c(s1)C(N)CC(C)(C)C2. The Balaban J connectivity index is 2.05. The van der Waals surface area contributed by atoms with Gasteiger partial charge in [-0.25, -0.2) is 4.98 Å². The third-order valence-corrected chi connectivity index (χ3v) is 5.22. The lowest BCUT2D eigenvalue weighted by molar-refractivity contribution is 0.282. The molecule has 2 heterocycles. The van der Waals surface area contributed by atoms with Crippen LogP contribution in [0, 0.1) is 5.41 Å². The van der Waals surface area contributed by atoms with Crippen molar-refractivity contribution in [2.75, 3.05) is 0 Å². The van der Waals surface area contributed by atoms with Crippen LogP contribution in [0.3, 0.4) is 0 Å². The molecular weight excluding hydrogens is 268 g/mol. The first-order chi connectivity index (χ1) is 9.39. The predicted octanol–water partition coefficient (Wildman–Crippen LogP) is 3.08. The molecule has 0 amide bonds. The highest BCUT2D eigenvalue weighted by Crippen LogP contribution is 2.44. The largest absolute Gasteiger partial charge is 0.323 e. The molecule has 4 nitrogen and oxygen atoms in total. The van der Waals surface area contributed by atoms with Crippen LogP contribution in [-0.2, 0) is 19.9 Å². The highest BCUT2D eigenvalue weighted by atomic mass is 32.1. The molecule has 5 heteroatoms. The lowest BCUT2D eigenvalue weighted by Gasteiger charge is -2.32. The molecule has 0 saturated heterocycles. The van der Waals surface area contributed by atoms with E-state index in [2.05, 4.69) is 32.1 Å². The van der Waals surface area contributed by atoms with Crippen molar-refractivity contribution in [3.63, 3.8) is 0 Å². The van der Waals surface area contributed by atoms with Gasteiger partial charge in [0.1, 0.15) is 5.01 Å². The average molecular weight is 290 g/mol. The number of thiazole rings is 1. The summed E-state index contributed by atoms with van der Waals surface area (Å²) >= 11 is 1.75. The molecular formula is C15H22N4S. The summed E-state index contributed by atoms with van der Waals surface area (Å²) in [6.07, 6.45) is 5.06. The van der Waals surface area contributed by atoms with Crippen molar-refractivity contribution in [2.24, 2.45) is 18.2 Å². The van der Waals surface area contributed by atoms with Gasteiger partial charge in [-0.15, -0.1) is 11.3 Å². The topological polar surface area (TPSA) is 56.7 Å². The molecule has 3 rings (SSSR count). The summed E-state index contributed by atoms with van der Waals surface area (Å²) in [7, 11) is 1.96. The van der Waals surface area contributed by atoms with Crippen molar-refractivity contribution >= 4 is 11.3 Å². The van der Waals surface area contributed by atoms with Gasteiger partial charge in [-0.1, -0.05) is 20.8 Å². The van der Waals surface area contributed by atoms with Crippen LogP contribution in [0.5, 0.6) is 0 Å². The molecule has 20 heavy (non-hydrogen) atoms. The molecule has 0 fully saturated rings. The van der Waals surface area contributed by atoms with Crippen molar-refractivity contribution < 1.29 is 0 Å². The van der Waals surface area contributed by atoms with Crippen molar-refractivity contribution in [1.29, 1.82) is 0 Å². The van der Waals surface area contributed by atoms with E-state index < -0.39 is 0 Å². The van der Waals surface area contributed by atoms with Gasteiger partial charge in [0.15, 0.2) is 0 Å². The van der Waals surface area contributed by atoms with E-state index in [1.54, 1.807) is 11.3 Å². The first-order valence-corrected chi connectivity index (χ1v) is 7.99. The van der Waals surface area contributed by atoms with Crippen LogP contribution in [0.15, 0.2) is 6.20 Å². The third kappa shape index (κ3) is 2.29. The molecule has 1 unspecified atom stereocenters. The Bertz CT molecular complexity index is 638. The Morgan fingerprint density at radius 2 is 2.25 bits per heavy atom. The number of nitrogens with zero attached hydrogens (tertiary/aromatic N) is 3. The molecule has 2 N–H and O–H groups in total. The van der Waals surface area contributed by atoms with Crippen molar-refractivity contribution in [3.05, 3.63) is 22.5 Å². The standard InChI is InChI=1S/C15H22N4S/c1-5-11-9(8-19(4)18-11)14-17-12-7-15(2,3)6-10(16)13(12)20-14/h8,10H,5-7,16H2,1-4H3. The summed E-state index contributed by atoms with van der Waals surface area (Å²) in [5, 5.41) is 5.59. The molecule has 0 spiro atoms. The lowest BCUT2D eigenvalue weighted by Crippen LogP contribution is -2.28. The Morgan fingerprint density at radius 3 is 2.95 bits per heavy atom. The maximum atomic E-state index is 6.34. The Labute approximate surface area is 124 Å². The van der Waals surface area contributed by atoms with E-state index in [0.29, 0.717) is 0 Å². The van der Waals surface area contributed by atoms with Crippen LogP contribution in [0.2, 0.25) is 0 Å². The minimum atomic E-state index is 0.127. The van der Waals surface area contributed by atoms with Gasteiger partial charge in [0.2, 0.25) is 0 Å². The molecule has 0 bridgehead atoms. The second-order valence-electron chi connectivity index (χ2n) is 6.50. The van der Waals surface area contributed by atoms with Gasteiger partial charge < -0.3 is 5.73 Å². The maximum absolute atomic E-state index is 6.34. The molecule has 0 saturated carbocycles. The first-order valence-electron chi connectivity index (χ1n) is 7.17. The summed E-state index contributed by atoms with van der Waals surface area (Å²) < 4.78 is 1.87. The molecule has 2 aromatic heterocycles. The molecule has 1 aliphatic rings. The van der Waals surface area contributed by atoms with Gasteiger partial charge in [-0.2, -0.15) is 5.10 Å². The quantitative estimate of drug-likeness (QED) is 0.924. The molecule has 1 atom stereocenters. The number of fused-ring (bicyclic) bond motifs is 1. The maximum Gasteiger partial charge on any atom is 0.127 e. The van der Waals surface area contributed by atoms with Crippen LogP contribution >= 0.6 is 11.3 Å². The summed E-state index contributed by atoms with van der Waals surface area (Å²) in [6.45, 7) is 6.68. The van der Waals surface area contributed by atoms with E-state index in [9.17, 15) is 0 Å². The van der Waals surface area contributed by atoms with Crippen molar-refractivity contribution in [3.8, 4) is 10.6 Å². The number of nitrogens with two attached hydrogens (primary N) is 1. The monoisotopic (exact) mass is 290 g/mol. The summed E-state index contributed by atoms with van der Waals surface area (Å²) in [5.74, 6) is 0. The Kier molecular flexibility index (Phi) is 3.21. The lowest BCUT2D eigenvalue weighted by atomic mass is 9.77. The van der Waals surface area contributed by atoms with E-state index >= 15 is 0 Å². The fourth-order valence-electron chi connectivity index (χ4n) is 3.08. The molecule has 0 radical (unpaired) electrons. The summed E-state index contributed by atoms with van der Waals surface area (Å²) in [6, 6.07) is 0.127. The van der Waals surface area contributed by atoms with Gasteiger partial charge in [-0.05, 0) is 24.7 Å². The van der Waals surface area contributed by atoms with E-state index in [4.69, 9.17) is 10.7 Å². The highest BCUT2D eigenvalue weighted by molar-refractivity contribution is 7.15. The third-order valence-electron chi connectivity index (χ3n) is 3.95. The van der Waals surface area contributed by atoms with Gasteiger partial charge in [0.05, 0.1) is 17.0 Å². The van der Waals surface area contributed by atoms with E-state index in [0.717, 1.165) is 30.0 Å². The van der Waals surface area contributed by atoms with Crippen molar-refractivity contribution in [1.82, 2.24) is 14.8 Å². The van der Waals surface area contributed by atoms with Crippen LogP contribution < -0.4 is 5.73 Å². The second-order valence-corrected chi connectivity index (χ2v) is 7.53. The zero-order chi connectivity index (χ0) is 14.5. The highest BCUT2D eigenvalue weighted by Gasteiger charge is 2.33. The predicted molar refractivity (Wildman–Crippen MR) is 82.7 cm³/mol. The van der Waals surface area contributed by atoms with Crippen LogP contribution in [-0.4, -0.2) is 14.8 Å². The molecule has 108 valence electrons. The van der Waals surface area contributed by atoms with Gasteiger partial charge in [-0.3, -0.25) is 4.68 Å². The van der Waals surface area contributed by atoms with Gasteiger partial charge in [0, 0.05) is 24.2 Å². The van der Waals surface area contributed by atoms with Gasteiger partial charge in [0.25, 0.3) is 0 Å². The normalized spacial score (nSPS) is 20.9. The van der Waals surface area contributed by atoms with Crippen LogP contribution in [0.1, 0.15) is 49.5 Å². The van der Waals surface area contributed by atoms with Crippen LogP contribution in [0.25, 0.3) is 10.6 Å². The number of hydrogen-bond acceptors (Lipinski definition) is 4. The first kappa shape index (κ1) is 13.8. The number of rotatable bonds is 2. The molecule has 2 aromatic rings. The fraction of sp³-hybridized carbons (Fsp3) is 0.600. The summed E-state index contributed by atoms with van der Waals surface area (Å²) in [5.41, 5.74) is 10.1. The number of hydrogen-bond donors (Lipinski definition) is 1. The minimum absolute atomic E-state index is 0.127.